The average Bonchev–Trinajstić information content (AvgIpc) is 2.17. The lowest BCUT2D eigenvalue weighted by molar-refractivity contribution is 0.173. The van der Waals surface area contributed by atoms with Crippen LogP contribution in [0.5, 0.6) is 0 Å². The molecular formula is C12H18O3S. The van der Waals surface area contributed by atoms with Crippen LogP contribution in [0.4, 0.5) is 0 Å². The summed E-state index contributed by atoms with van der Waals surface area (Å²) in [6.07, 6.45) is 0.737. The fraction of sp³-hybridized carbons (Fsp3) is 0.500. The Balaban J connectivity index is 2.81. The smallest absolute Gasteiger partial charge is 0.147 e. The van der Waals surface area contributed by atoms with Crippen molar-refractivity contribution in [3.63, 3.8) is 0 Å². The van der Waals surface area contributed by atoms with E-state index in [-0.39, 0.29) is 12.2 Å². The molecule has 0 bridgehead atoms. The van der Waals surface area contributed by atoms with Gasteiger partial charge in [0, 0.05) is 6.26 Å². The first kappa shape index (κ1) is 13.2. The van der Waals surface area contributed by atoms with Crippen LogP contribution in [0.3, 0.4) is 0 Å². The molecule has 16 heavy (non-hydrogen) atoms. The van der Waals surface area contributed by atoms with Crippen molar-refractivity contribution in [2.75, 3.05) is 12.0 Å². The monoisotopic (exact) mass is 242 g/mol. The van der Waals surface area contributed by atoms with E-state index in [2.05, 4.69) is 0 Å². The molecule has 1 aromatic rings. The highest BCUT2D eigenvalue weighted by Gasteiger charge is 2.13. The summed E-state index contributed by atoms with van der Waals surface area (Å²) in [5.41, 5.74) is 2.96. The van der Waals surface area contributed by atoms with E-state index in [1.54, 1.807) is 0 Å². The van der Waals surface area contributed by atoms with Crippen LogP contribution in [0, 0.1) is 13.8 Å². The highest BCUT2D eigenvalue weighted by atomic mass is 32.2. The molecule has 0 aliphatic carbocycles. The zero-order chi connectivity index (χ0) is 12.3. The molecule has 0 saturated heterocycles. The molecule has 1 unspecified atom stereocenters. The summed E-state index contributed by atoms with van der Waals surface area (Å²) in [5.74, 6) is 0.0154. The molecule has 0 amide bonds. The predicted molar refractivity (Wildman–Crippen MR) is 65.2 cm³/mol. The largest absolute Gasteiger partial charge is 0.388 e. The second kappa shape index (κ2) is 4.97. The van der Waals surface area contributed by atoms with E-state index in [1.165, 1.54) is 6.26 Å². The van der Waals surface area contributed by atoms with Crippen LogP contribution >= 0.6 is 0 Å². The molecule has 0 aliphatic rings. The second-order valence-electron chi connectivity index (χ2n) is 4.22. The summed E-state index contributed by atoms with van der Waals surface area (Å²) in [4.78, 5) is 0. The quantitative estimate of drug-likeness (QED) is 0.875. The Labute approximate surface area is 97.0 Å². The number of aliphatic hydroxyl groups excluding tert-OH is 1. The fourth-order valence-corrected chi connectivity index (χ4v) is 2.27. The van der Waals surface area contributed by atoms with Gasteiger partial charge in [-0.1, -0.05) is 18.2 Å². The van der Waals surface area contributed by atoms with Crippen molar-refractivity contribution < 1.29 is 13.5 Å². The number of benzene rings is 1. The van der Waals surface area contributed by atoms with E-state index in [0.717, 1.165) is 16.7 Å². The normalized spacial score (nSPS) is 13.8. The summed E-state index contributed by atoms with van der Waals surface area (Å²) >= 11 is 0. The Hall–Kier alpha value is -0.870. The minimum atomic E-state index is -3.01. The van der Waals surface area contributed by atoms with Crippen LogP contribution in [0.15, 0.2) is 18.2 Å². The number of aryl methyl sites for hydroxylation is 1. The van der Waals surface area contributed by atoms with Crippen molar-refractivity contribution in [2.24, 2.45) is 0 Å². The summed E-state index contributed by atoms with van der Waals surface area (Å²) < 4.78 is 22.0. The van der Waals surface area contributed by atoms with Gasteiger partial charge in [-0.15, -0.1) is 0 Å². The van der Waals surface area contributed by atoms with Gasteiger partial charge in [0.2, 0.25) is 0 Å². The molecule has 0 saturated carbocycles. The lowest BCUT2D eigenvalue weighted by Gasteiger charge is -2.14. The van der Waals surface area contributed by atoms with Crippen LogP contribution in [-0.2, 0) is 9.84 Å². The molecule has 90 valence electrons. The summed E-state index contributed by atoms with van der Waals surface area (Å²) in [7, 11) is -3.01. The maximum Gasteiger partial charge on any atom is 0.147 e. The van der Waals surface area contributed by atoms with E-state index in [9.17, 15) is 13.5 Å². The first-order valence-corrected chi connectivity index (χ1v) is 7.29. The van der Waals surface area contributed by atoms with Crippen LogP contribution in [0.1, 0.15) is 29.2 Å². The van der Waals surface area contributed by atoms with E-state index in [4.69, 9.17) is 0 Å². The number of sulfone groups is 1. The Bertz CT molecular complexity index is 463. The lowest BCUT2D eigenvalue weighted by atomic mass is 9.98. The number of hydrogen-bond donors (Lipinski definition) is 1. The SMILES string of the molecule is Cc1cccc(C(O)CCS(C)(=O)=O)c1C. The zero-order valence-corrected chi connectivity index (χ0v) is 10.7. The van der Waals surface area contributed by atoms with Crippen molar-refractivity contribution >= 4 is 9.84 Å². The Morgan fingerprint density at radius 3 is 2.50 bits per heavy atom. The lowest BCUT2D eigenvalue weighted by Crippen LogP contribution is -2.09. The van der Waals surface area contributed by atoms with E-state index >= 15 is 0 Å². The van der Waals surface area contributed by atoms with E-state index < -0.39 is 15.9 Å². The molecule has 1 atom stereocenters. The molecule has 1 N–H and O–H groups in total. The van der Waals surface area contributed by atoms with Crippen LogP contribution in [0.2, 0.25) is 0 Å². The molecule has 4 heteroatoms. The predicted octanol–water partition coefficient (Wildman–Crippen LogP) is 1.77. The van der Waals surface area contributed by atoms with Crippen molar-refractivity contribution in [2.45, 2.75) is 26.4 Å². The van der Waals surface area contributed by atoms with Gasteiger partial charge in [0.05, 0.1) is 11.9 Å². The van der Waals surface area contributed by atoms with Crippen molar-refractivity contribution in [1.29, 1.82) is 0 Å². The van der Waals surface area contributed by atoms with Gasteiger partial charge in [0.15, 0.2) is 0 Å². The van der Waals surface area contributed by atoms with Gasteiger partial charge in [0.1, 0.15) is 9.84 Å². The molecule has 0 aromatic heterocycles. The molecule has 0 spiro atoms. The van der Waals surface area contributed by atoms with Crippen LogP contribution in [0.25, 0.3) is 0 Å². The number of hydrogen-bond acceptors (Lipinski definition) is 3. The molecule has 3 nitrogen and oxygen atoms in total. The minimum absolute atomic E-state index is 0.0154. The summed E-state index contributed by atoms with van der Waals surface area (Å²) in [6, 6.07) is 5.69. The summed E-state index contributed by atoms with van der Waals surface area (Å²) in [6.45, 7) is 3.91. The molecule has 0 radical (unpaired) electrons. The van der Waals surface area contributed by atoms with Gasteiger partial charge in [-0.3, -0.25) is 0 Å². The van der Waals surface area contributed by atoms with Crippen molar-refractivity contribution in [3.05, 3.63) is 34.9 Å². The first-order chi connectivity index (χ1) is 7.31. The highest BCUT2D eigenvalue weighted by molar-refractivity contribution is 7.90. The van der Waals surface area contributed by atoms with Gasteiger partial charge < -0.3 is 5.11 Å². The topological polar surface area (TPSA) is 54.4 Å². The van der Waals surface area contributed by atoms with Gasteiger partial charge >= 0.3 is 0 Å². The standard InChI is InChI=1S/C12H18O3S/c1-9-5-4-6-11(10(9)2)12(13)7-8-16(3,14)15/h4-6,12-13H,7-8H2,1-3H3. The first-order valence-electron chi connectivity index (χ1n) is 5.23. The Kier molecular flexibility index (Phi) is 4.10. The maximum absolute atomic E-state index is 11.0. The minimum Gasteiger partial charge on any atom is -0.388 e. The maximum atomic E-state index is 11.0. The third kappa shape index (κ3) is 3.61. The molecular weight excluding hydrogens is 224 g/mol. The second-order valence-corrected chi connectivity index (χ2v) is 6.48. The average molecular weight is 242 g/mol. The van der Waals surface area contributed by atoms with E-state index in [1.807, 2.05) is 32.0 Å². The molecule has 1 rings (SSSR count). The summed E-state index contributed by atoms with van der Waals surface area (Å²) in [5, 5.41) is 9.92. The highest BCUT2D eigenvalue weighted by Crippen LogP contribution is 2.23. The van der Waals surface area contributed by atoms with Crippen LogP contribution in [-0.4, -0.2) is 25.5 Å². The van der Waals surface area contributed by atoms with E-state index in [0.29, 0.717) is 0 Å². The van der Waals surface area contributed by atoms with Gasteiger partial charge in [-0.2, -0.15) is 0 Å². The molecule has 0 heterocycles. The fourth-order valence-electron chi connectivity index (χ4n) is 1.62. The molecule has 1 aromatic carbocycles. The Morgan fingerprint density at radius 1 is 1.31 bits per heavy atom. The third-order valence-electron chi connectivity index (χ3n) is 2.77. The Morgan fingerprint density at radius 2 is 1.94 bits per heavy atom. The third-order valence-corrected chi connectivity index (χ3v) is 3.74. The number of rotatable bonds is 4. The molecule has 0 fully saturated rings. The van der Waals surface area contributed by atoms with Gasteiger partial charge in [-0.05, 0) is 37.0 Å². The van der Waals surface area contributed by atoms with Crippen molar-refractivity contribution in [1.82, 2.24) is 0 Å². The zero-order valence-electron chi connectivity index (χ0n) is 9.90. The number of aliphatic hydroxyl groups is 1. The molecule has 0 aliphatic heterocycles. The van der Waals surface area contributed by atoms with Crippen LogP contribution < -0.4 is 0 Å². The van der Waals surface area contributed by atoms with Crippen molar-refractivity contribution in [3.8, 4) is 0 Å². The van der Waals surface area contributed by atoms with Gasteiger partial charge in [0.25, 0.3) is 0 Å². The van der Waals surface area contributed by atoms with Gasteiger partial charge in [-0.25, -0.2) is 8.42 Å².